The molecule has 0 bridgehead atoms. The fraction of sp³-hybridized carbons (Fsp3) is 0.562. The minimum absolute atomic E-state index is 0.284. The number of hydrogen-bond donors (Lipinski definition) is 1. The average Bonchev–Trinajstić information content (AvgIpc) is 2.45. The number of carboxylic acid groups (broad SMARTS) is 1. The maximum atomic E-state index is 13.4. The second-order valence-electron chi connectivity index (χ2n) is 5.34. The summed E-state index contributed by atoms with van der Waals surface area (Å²) in [6, 6.07) is 3.70. The third-order valence-corrected chi connectivity index (χ3v) is 3.47. The van der Waals surface area contributed by atoms with Crippen molar-refractivity contribution in [3.63, 3.8) is 0 Å². The molecule has 0 aliphatic heterocycles. The van der Waals surface area contributed by atoms with Crippen LogP contribution in [0, 0.1) is 17.6 Å². The van der Waals surface area contributed by atoms with Crippen LogP contribution in [0.25, 0.3) is 0 Å². The van der Waals surface area contributed by atoms with Crippen molar-refractivity contribution in [2.24, 2.45) is 5.92 Å². The first-order chi connectivity index (χ1) is 9.95. The molecular weight excluding hydrogens is 276 g/mol. The molecule has 1 unspecified atom stereocenters. The van der Waals surface area contributed by atoms with E-state index in [4.69, 9.17) is 5.11 Å². The van der Waals surface area contributed by atoms with Gasteiger partial charge < -0.3 is 10.0 Å². The smallest absolute Gasteiger partial charge is 0.308 e. The molecule has 0 radical (unpaired) electrons. The highest BCUT2D eigenvalue weighted by Gasteiger charge is 2.17. The van der Waals surface area contributed by atoms with Crippen LogP contribution in [0.3, 0.4) is 0 Å². The Labute approximate surface area is 124 Å². The summed E-state index contributed by atoms with van der Waals surface area (Å²) in [5, 5.41) is 9.03. The highest BCUT2D eigenvalue weighted by Crippen LogP contribution is 2.20. The summed E-state index contributed by atoms with van der Waals surface area (Å²) in [5.74, 6) is -3.26. The van der Waals surface area contributed by atoms with Crippen LogP contribution in [0.5, 0.6) is 0 Å². The monoisotopic (exact) mass is 299 g/mol. The Hall–Kier alpha value is -1.65. The Morgan fingerprint density at radius 2 is 1.95 bits per heavy atom. The number of nitrogens with zero attached hydrogens (tertiary/aromatic N) is 1. The van der Waals surface area contributed by atoms with E-state index in [1.807, 2.05) is 4.90 Å². The summed E-state index contributed by atoms with van der Waals surface area (Å²) in [6.45, 7) is 4.65. The molecule has 1 N–H and O–H groups in total. The lowest BCUT2D eigenvalue weighted by molar-refractivity contribution is -0.140. The van der Waals surface area contributed by atoms with Crippen LogP contribution in [0.2, 0.25) is 0 Å². The van der Waals surface area contributed by atoms with E-state index in [0.717, 1.165) is 37.8 Å². The first-order valence-electron chi connectivity index (χ1n) is 7.38. The Morgan fingerprint density at radius 1 is 1.24 bits per heavy atom. The zero-order valence-electron chi connectivity index (χ0n) is 12.6. The van der Waals surface area contributed by atoms with Crippen molar-refractivity contribution in [1.82, 2.24) is 0 Å². The predicted octanol–water partition coefficient (Wildman–Crippen LogP) is 4.07. The zero-order chi connectivity index (χ0) is 15.8. The molecule has 0 fully saturated rings. The molecule has 0 aromatic heterocycles. The van der Waals surface area contributed by atoms with Crippen molar-refractivity contribution in [1.29, 1.82) is 0 Å². The Morgan fingerprint density at radius 3 is 2.52 bits per heavy atom. The number of halogens is 2. The van der Waals surface area contributed by atoms with Crippen molar-refractivity contribution < 1.29 is 18.7 Å². The van der Waals surface area contributed by atoms with Crippen LogP contribution in [0.4, 0.5) is 14.5 Å². The summed E-state index contributed by atoms with van der Waals surface area (Å²) >= 11 is 0. The molecule has 1 atom stereocenters. The second kappa shape index (κ2) is 8.60. The van der Waals surface area contributed by atoms with E-state index in [0.29, 0.717) is 12.2 Å². The molecule has 21 heavy (non-hydrogen) atoms. The number of carbonyl (C=O) groups is 1. The van der Waals surface area contributed by atoms with Crippen LogP contribution in [-0.2, 0) is 4.79 Å². The topological polar surface area (TPSA) is 40.5 Å². The van der Waals surface area contributed by atoms with E-state index in [-0.39, 0.29) is 6.54 Å². The molecule has 0 spiro atoms. The lowest BCUT2D eigenvalue weighted by Gasteiger charge is -2.26. The number of rotatable bonds is 9. The molecule has 1 aromatic carbocycles. The number of unbranched alkanes of at least 4 members (excludes halogenated alkanes) is 3. The lowest BCUT2D eigenvalue weighted by Crippen LogP contribution is -2.32. The van der Waals surface area contributed by atoms with Crippen molar-refractivity contribution >= 4 is 11.7 Å². The van der Waals surface area contributed by atoms with Gasteiger partial charge in [-0.1, -0.05) is 33.1 Å². The van der Waals surface area contributed by atoms with Gasteiger partial charge >= 0.3 is 5.97 Å². The molecule has 3 nitrogen and oxygen atoms in total. The summed E-state index contributed by atoms with van der Waals surface area (Å²) in [6.07, 6.45) is 4.16. The number of carboxylic acids is 1. The van der Waals surface area contributed by atoms with Gasteiger partial charge in [-0.25, -0.2) is 8.78 Å². The third kappa shape index (κ3) is 5.69. The van der Waals surface area contributed by atoms with E-state index in [2.05, 4.69) is 6.92 Å². The molecule has 1 aromatic rings. The predicted molar refractivity (Wildman–Crippen MR) is 79.5 cm³/mol. The van der Waals surface area contributed by atoms with Crippen molar-refractivity contribution in [2.45, 2.75) is 39.5 Å². The highest BCUT2D eigenvalue weighted by molar-refractivity contribution is 5.70. The van der Waals surface area contributed by atoms with Crippen LogP contribution in [-0.4, -0.2) is 24.2 Å². The number of benzene rings is 1. The van der Waals surface area contributed by atoms with Crippen molar-refractivity contribution in [2.75, 3.05) is 18.0 Å². The first-order valence-corrected chi connectivity index (χ1v) is 7.38. The minimum atomic E-state index is -0.908. The van der Waals surface area contributed by atoms with Gasteiger partial charge in [0.2, 0.25) is 0 Å². The van der Waals surface area contributed by atoms with E-state index in [1.54, 1.807) is 6.92 Å². The fourth-order valence-electron chi connectivity index (χ4n) is 2.15. The SMILES string of the molecule is CCCCCCN(CC(C)C(=O)O)c1ccc(F)c(F)c1. The van der Waals surface area contributed by atoms with Gasteiger partial charge in [0, 0.05) is 24.8 Å². The molecule has 0 heterocycles. The molecule has 0 aliphatic carbocycles. The number of hydrogen-bond acceptors (Lipinski definition) is 2. The van der Waals surface area contributed by atoms with Gasteiger partial charge in [0.05, 0.1) is 5.92 Å². The van der Waals surface area contributed by atoms with Gasteiger partial charge in [-0.3, -0.25) is 4.79 Å². The minimum Gasteiger partial charge on any atom is -0.481 e. The standard InChI is InChI=1S/C16H23F2NO2/c1-3-4-5-6-9-19(11-12(2)16(20)21)13-7-8-14(17)15(18)10-13/h7-8,10,12H,3-6,9,11H2,1-2H3,(H,20,21). The van der Waals surface area contributed by atoms with E-state index in [9.17, 15) is 13.6 Å². The molecule has 5 heteroatoms. The van der Waals surface area contributed by atoms with Gasteiger partial charge in [-0.2, -0.15) is 0 Å². The number of aliphatic carboxylic acids is 1. The summed E-state index contributed by atoms with van der Waals surface area (Å²) < 4.78 is 26.4. The van der Waals surface area contributed by atoms with E-state index >= 15 is 0 Å². The van der Waals surface area contributed by atoms with Crippen molar-refractivity contribution in [3.8, 4) is 0 Å². The second-order valence-corrected chi connectivity index (χ2v) is 5.34. The molecule has 0 saturated heterocycles. The summed E-state index contributed by atoms with van der Waals surface area (Å²) in [4.78, 5) is 12.8. The summed E-state index contributed by atoms with van der Waals surface area (Å²) in [7, 11) is 0. The maximum Gasteiger partial charge on any atom is 0.308 e. The lowest BCUT2D eigenvalue weighted by atomic mass is 10.1. The molecule has 118 valence electrons. The Balaban J connectivity index is 2.78. The summed E-state index contributed by atoms with van der Waals surface area (Å²) in [5.41, 5.74) is 0.526. The van der Waals surface area contributed by atoms with Crippen molar-refractivity contribution in [3.05, 3.63) is 29.8 Å². The maximum absolute atomic E-state index is 13.4. The molecule has 0 saturated carbocycles. The van der Waals surface area contributed by atoms with Crippen LogP contribution >= 0.6 is 0 Å². The van der Waals surface area contributed by atoms with Crippen LogP contribution in [0.1, 0.15) is 39.5 Å². The zero-order valence-corrected chi connectivity index (χ0v) is 12.6. The fourth-order valence-corrected chi connectivity index (χ4v) is 2.15. The first kappa shape index (κ1) is 17.4. The van der Waals surface area contributed by atoms with E-state index in [1.165, 1.54) is 6.07 Å². The molecular formula is C16H23F2NO2. The largest absolute Gasteiger partial charge is 0.481 e. The van der Waals surface area contributed by atoms with Gasteiger partial charge in [0.25, 0.3) is 0 Å². The number of anilines is 1. The normalized spacial score (nSPS) is 12.2. The molecule has 0 amide bonds. The Kier molecular flexibility index (Phi) is 7.12. The van der Waals surface area contributed by atoms with Crippen LogP contribution < -0.4 is 4.90 Å². The quantitative estimate of drug-likeness (QED) is 0.699. The average molecular weight is 299 g/mol. The third-order valence-electron chi connectivity index (χ3n) is 3.47. The highest BCUT2D eigenvalue weighted by atomic mass is 19.2. The van der Waals surface area contributed by atoms with Crippen LogP contribution in [0.15, 0.2) is 18.2 Å². The van der Waals surface area contributed by atoms with Gasteiger partial charge in [-0.15, -0.1) is 0 Å². The molecule has 0 aliphatic rings. The molecule has 1 rings (SSSR count). The van der Waals surface area contributed by atoms with Gasteiger partial charge in [-0.05, 0) is 18.6 Å². The van der Waals surface area contributed by atoms with E-state index < -0.39 is 23.5 Å². The Bertz CT molecular complexity index is 466. The van der Waals surface area contributed by atoms with Gasteiger partial charge in [0.1, 0.15) is 0 Å². The van der Waals surface area contributed by atoms with Gasteiger partial charge in [0.15, 0.2) is 11.6 Å².